The molecule has 0 fully saturated rings. The topological polar surface area (TPSA) is 216 Å². The molecule has 0 aliphatic rings. The molecule has 0 bridgehead atoms. The van der Waals surface area contributed by atoms with E-state index in [9.17, 15) is 19.2 Å². The Morgan fingerprint density at radius 3 is 0.812 bits per heavy atom. The number of carbonyl (C=O) groups excluding carboxylic acids is 2. The Kier molecular flexibility index (Phi) is 34.9. The zero-order valence-corrected chi connectivity index (χ0v) is 74.0. The number of carboxylic acids is 2. The van der Waals surface area contributed by atoms with Gasteiger partial charge in [-0.15, -0.1) is 92.4 Å². The first kappa shape index (κ1) is 88.3. The van der Waals surface area contributed by atoms with E-state index in [1.165, 1.54) is 19.5 Å². The van der Waals surface area contributed by atoms with Gasteiger partial charge in [0.05, 0.1) is 36.0 Å². The van der Waals surface area contributed by atoms with E-state index < -0.39 is 11.9 Å². The summed E-state index contributed by atoms with van der Waals surface area (Å²) < 4.78 is 33.5. The van der Waals surface area contributed by atoms with Crippen LogP contribution >= 0.6 is 147 Å². The fraction of sp³-hybridized carbons (Fsp3) is 0.238. The molecule has 12 rings (SSSR count). The second-order valence-electron chi connectivity index (χ2n) is 24.6. The van der Waals surface area contributed by atoms with E-state index in [4.69, 9.17) is 76.8 Å². The van der Waals surface area contributed by atoms with Gasteiger partial charge in [0.2, 0.25) is 0 Å². The van der Waals surface area contributed by atoms with Crippen molar-refractivity contribution in [2.75, 3.05) is 39.6 Å². The first-order valence-electron chi connectivity index (χ1n) is 34.8. The van der Waals surface area contributed by atoms with Gasteiger partial charge in [-0.1, -0.05) is 104 Å². The van der Waals surface area contributed by atoms with E-state index in [1.807, 2.05) is 182 Å². The van der Waals surface area contributed by atoms with Crippen LogP contribution in [-0.2, 0) is 51.7 Å². The maximum absolute atomic E-state index is 11.4. The molecule has 4 aromatic heterocycles. The molecule has 0 aliphatic carbocycles. The first-order valence-corrected chi connectivity index (χ1v) is 44.4. The third-order valence-corrected chi connectivity index (χ3v) is 27.2. The third kappa shape index (κ3) is 27.8. The van der Waals surface area contributed by atoms with Crippen molar-refractivity contribution in [2.45, 2.75) is 112 Å². The monoisotopic (exact) mass is 1820 g/mol. The van der Waals surface area contributed by atoms with Crippen LogP contribution in [0.1, 0.15) is 78.4 Å². The minimum absolute atomic E-state index is 0.0694. The Balaban J connectivity index is 0.000000172. The lowest BCUT2D eigenvalue weighted by Crippen LogP contribution is -2.14. The lowest BCUT2D eigenvalue weighted by atomic mass is 10.2. The van der Waals surface area contributed by atoms with Gasteiger partial charge in [0, 0.05) is 103 Å². The van der Waals surface area contributed by atoms with Gasteiger partial charge in [-0.05, 0) is 213 Å². The van der Waals surface area contributed by atoms with Crippen molar-refractivity contribution in [2.24, 2.45) is 0 Å². The highest BCUT2D eigenvalue weighted by Crippen LogP contribution is 2.40. The van der Waals surface area contributed by atoms with Gasteiger partial charge in [0.25, 0.3) is 0 Å². The molecule has 584 valence electrons. The number of aromatic nitrogens is 4. The van der Waals surface area contributed by atoms with Gasteiger partial charge in [0.15, 0.2) is 26.4 Å². The summed E-state index contributed by atoms with van der Waals surface area (Å²) in [5, 5.41) is 23.0. The van der Waals surface area contributed by atoms with Crippen molar-refractivity contribution < 1.29 is 57.8 Å². The van der Waals surface area contributed by atoms with Crippen molar-refractivity contribution >= 4 is 171 Å². The Bertz CT molecular complexity index is 4840. The highest BCUT2D eigenvalue weighted by atomic mass is 79.9. The highest BCUT2D eigenvalue weighted by Gasteiger charge is 2.18. The van der Waals surface area contributed by atoms with Gasteiger partial charge in [0.1, 0.15) is 43.0 Å². The number of thioether (sulfide) groups is 4. The van der Waals surface area contributed by atoms with E-state index in [2.05, 4.69) is 80.2 Å². The number of hydrogen-bond donors (Lipinski definition) is 2. The highest BCUT2D eigenvalue weighted by molar-refractivity contribution is 9.10. The molecule has 8 aromatic carbocycles. The lowest BCUT2D eigenvalue weighted by molar-refractivity contribution is -0.146. The van der Waals surface area contributed by atoms with Crippen molar-refractivity contribution in [1.82, 2.24) is 19.9 Å². The lowest BCUT2D eigenvalue weighted by Gasteiger charge is -2.10. The second-order valence-corrected chi connectivity index (χ2v) is 35.8. The van der Waals surface area contributed by atoms with Gasteiger partial charge in [-0.25, -0.2) is 39.1 Å². The smallest absolute Gasteiger partial charge is 0.344 e. The van der Waals surface area contributed by atoms with Crippen LogP contribution in [0.2, 0.25) is 10.0 Å². The second kappa shape index (κ2) is 44.3. The number of carboxylic acid groups (broad SMARTS) is 2. The van der Waals surface area contributed by atoms with E-state index in [0.29, 0.717) is 41.2 Å². The molecule has 2 N–H and O–H groups in total. The number of carbonyl (C=O) groups is 4. The quantitative estimate of drug-likeness (QED) is 0.0316. The number of esters is 2. The Morgan fingerprint density at radius 1 is 0.357 bits per heavy atom. The summed E-state index contributed by atoms with van der Waals surface area (Å²) in [4.78, 5) is 72.5. The number of nitrogens with zero attached hydrogens (tertiary/aromatic N) is 4. The molecule has 0 saturated heterocycles. The Hall–Kier alpha value is -7.70. The Morgan fingerprint density at radius 2 is 0.589 bits per heavy atom. The predicted octanol–water partition coefficient (Wildman–Crippen LogP) is 24.5. The standard InChI is InChI=1S/C22H22BrNO3S2.C22H22ClNO3S2.C20H18BrNO3S2.C20H18ClNO3S2/c2*1-4-26-21(25)12-27-19-10-9-18(11-14(19)2)28-13-20-15(3)24-22(29-20)16-5-7-17(23)8-6-16;2*1-12-9-16(7-8-17(12)25-10-19(23)24)26-11-18-13(2)22-20(27-18)14-3-5-15(21)6-4-14/h2*5-11H,4,12-13H2,1-3H3;2*3-9H,10-11H2,1-2H3,(H,23,24). The van der Waals surface area contributed by atoms with Crippen LogP contribution in [0.15, 0.2) is 198 Å². The number of thiazole rings is 4. The van der Waals surface area contributed by atoms with Gasteiger partial charge >= 0.3 is 23.9 Å². The van der Waals surface area contributed by atoms with E-state index in [0.717, 1.165) is 144 Å². The predicted molar refractivity (Wildman–Crippen MR) is 468 cm³/mol. The summed E-state index contributed by atoms with van der Waals surface area (Å²) >= 11 is 32.7. The van der Waals surface area contributed by atoms with Gasteiger partial charge in [-0.2, -0.15) is 0 Å². The number of hydrogen-bond acceptors (Lipinski definition) is 22. The molecule has 112 heavy (non-hydrogen) atoms. The molecule has 0 aliphatic heterocycles. The normalized spacial score (nSPS) is 10.8. The van der Waals surface area contributed by atoms with Crippen LogP contribution in [0.25, 0.3) is 42.3 Å². The molecule has 0 saturated carbocycles. The van der Waals surface area contributed by atoms with E-state index in [-0.39, 0.29) is 38.4 Å². The molecular formula is C84H80Br2Cl2N4O12S8. The third-order valence-electron chi connectivity index (χ3n) is 16.0. The summed E-state index contributed by atoms with van der Waals surface area (Å²) in [6, 6.07) is 55.5. The molecule has 28 heteroatoms. The number of rotatable bonds is 30. The SMILES string of the molecule is CCOC(=O)COc1ccc(SCc2sc(-c3ccc(Br)cc3)nc2C)cc1C.CCOC(=O)COc1ccc(SCc2sc(-c3ccc(Cl)cc3)nc2C)cc1C.Cc1cc(SCc2sc(-c3ccc(Br)cc3)nc2C)ccc1OCC(=O)O.Cc1cc(SCc2sc(-c3ccc(Cl)cc3)nc2C)ccc1OCC(=O)O. The molecule has 4 heterocycles. The number of aryl methyl sites for hydroxylation is 8. The minimum atomic E-state index is -0.981. The largest absolute Gasteiger partial charge is 0.482 e. The number of benzene rings is 8. The maximum Gasteiger partial charge on any atom is 0.344 e. The summed E-state index contributed by atoms with van der Waals surface area (Å²) in [5.41, 5.74) is 12.5. The summed E-state index contributed by atoms with van der Waals surface area (Å²) in [5.74, 6) is 3.31. The summed E-state index contributed by atoms with van der Waals surface area (Å²) in [6.45, 7) is 19.4. The fourth-order valence-corrected chi connectivity index (χ4v) is 19.8. The average Bonchev–Trinajstić information content (AvgIpc) is 1.74. The van der Waals surface area contributed by atoms with E-state index >= 15 is 0 Å². The molecule has 0 radical (unpaired) electrons. The van der Waals surface area contributed by atoms with Crippen LogP contribution in [0.5, 0.6) is 23.0 Å². The maximum atomic E-state index is 11.4. The Labute approximate surface area is 712 Å². The van der Waals surface area contributed by atoms with Gasteiger partial charge in [-0.3, -0.25) is 0 Å². The zero-order chi connectivity index (χ0) is 80.4. The van der Waals surface area contributed by atoms with Crippen molar-refractivity contribution in [3.63, 3.8) is 0 Å². The van der Waals surface area contributed by atoms with Crippen molar-refractivity contribution in [3.05, 3.63) is 253 Å². The molecule has 0 unspecified atom stereocenters. The van der Waals surface area contributed by atoms with E-state index in [1.54, 1.807) is 106 Å². The van der Waals surface area contributed by atoms with Crippen LogP contribution in [0, 0.1) is 55.4 Å². The van der Waals surface area contributed by atoms with Gasteiger partial charge < -0.3 is 38.6 Å². The number of halogens is 4. The summed E-state index contributed by atoms with van der Waals surface area (Å²) in [7, 11) is 0. The molecular weight excluding hydrogens is 1740 g/mol. The minimum Gasteiger partial charge on any atom is -0.482 e. The first-order chi connectivity index (χ1) is 53.8. The van der Waals surface area contributed by atoms with Crippen LogP contribution in [0.3, 0.4) is 0 Å². The summed E-state index contributed by atoms with van der Waals surface area (Å²) in [6.07, 6.45) is 0. The molecule has 0 atom stereocenters. The zero-order valence-electron chi connectivity index (χ0n) is 62.8. The molecule has 16 nitrogen and oxygen atoms in total. The number of ether oxygens (including phenoxy) is 6. The van der Waals surface area contributed by atoms with Crippen LogP contribution in [0.4, 0.5) is 0 Å². The molecule has 0 amide bonds. The fourth-order valence-electron chi connectivity index (χ4n) is 10.2. The van der Waals surface area contributed by atoms with Crippen molar-refractivity contribution in [1.29, 1.82) is 0 Å². The van der Waals surface area contributed by atoms with Crippen LogP contribution in [-0.4, -0.2) is 93.7 Å². The van der Waals surface area contributed by atoms with Crippen LogP contribution < -0.4 is 18.9 Å². The molecule has 12 aromatic rings. The molecule has 0 spiro atoms. The number of aliphatic carboxylic acids is 2. The van der Waals surface area contributed by atoms with Crippen molar-refractivity contribution in [3.8, 4) is 65.3 Å². The average molecular weight is 1820 g/mol.